The second kappa shape index (κ2) is 28.5. The van der Waals surface area contributed by atoms with E-state index in [0.29, 0.717) is 37.1 Å². The highest BCUT2D eigenvalue weighted by atomic mass is 32.2. The van der Waals surface area contributed by atoms with E-state index in [1.54, 1.807) is 31.0 Å². The highest BCUT2D eigenvalue weighted by molar-refractivity contribution is 7.99. The number of imide groups is 1. The summed E-state index contributed by atoms with van der Waals surface area (Å²) in [5.74, 6) is -7.41. The van der Waals surface area contributed by atoms with Crippen molar-refractivity contribution in [1.82, 2.24) is 35.6 Å². The van der Waals surface area contributed by atoms with Crippen LogP contribution in [-0.4, -0.2) is 127 Å². The van der Waals surface area contributed by atoms with E-state index in [2.05, 4.69) is 21.3 Å². The number of benzene rings is 2. The molecule has 1 aliphatic heterocycles. The molecule has 7 amide bonds. The Labute approximate surface area is 434 Å². The number of carboxylic acid groups (broad SMARTS) is 2. The molecule has 0 radical (unpaired) electrons. The quantitative estimate of drug-likeness (QED) is 0.0353. The van der Waals surface area contributed by atoms with Crippen molar-refractivity contribution in [1.29, 1.82) is 0 Å². The van der Waals surface area contributed by atoms with Gasteiger partial charge >= 0.3 is 11.9 Å². The van der Waals surface area contributed by atoms with E-state index in [9.17, 15) is 52.6 Å². The fraction of sp³-hybridized carbons (Fsp3) is 0.491. The van der Waals surface area contributed by atoms with Gasteiger partial charge < -0.3 is 40.9 Å². The van der Waals surface area contributed by atoms with Crippen molar-refractivity contribution >= 4 is 65.1 Å². The minimum absolute atomic E-state index is 0.0226. The topological polar surface area (TPSA) is 254 Å². The highest BCUT2D eigenvalue weighted by Crippen LogP contribution is 2.41. The Morgan fingerprint density at radius 3 is 2.09 bits per heavy atom. The maximum atomic E-state index is 15.4. The van der Waals surface area contributed by atoms with Gasteiger partial charge in [-0.3, -0.25) is 43.3 Å². The van der Waals surface area contributed by atoms with E-state index in [-0.39, 0.29) is 91.9 Å². The predicted molar refractivity (Wildman–Crippen MR) is 274 cm³/mol. The number of rotatable bonds is 30. The molecule has 21 heteroatoms. The van der Waals surface area contributed by atoms with Gasteiger partial charge in [0.05, 0.1) is 11.8 Å². The Morgan fingerprint density at radius 2 is 1.46 bits per heavy atom. The van der Waals surface area contributed by atoms with Crippen LogP contribution in [0.25, 0.3) is 11.1 Å². The first-order chi connectivity index (χ1) is 35.0. The molecule has 1 aromatic heterocycles. The molecule has 4 atom stereocenters. The van der Waals surface area contributed by atoms with Crippen molar-refractivity contribution in [2.45, 2.75) is 124 Å². The van der Waals surface area contributed by atoms with Gasteiger partial charge in [0, 0.05) is 86.4 Å². The third-order valence-corrected chi connectivity index (χ3v) is 13.1. The largest absolute Gasteiger partial charge is 0.481 e. The zero-order chi connectivity index (χ0) is 54.7. The summed E-state index contributed by atoms with van der Waals surface area (Å²) < 4.78 is 31.9. The number of hydrogen-bond acceptors (Lipinski definition) is 10. The number of aromatic nitrogens is 1. The molecular formula is C53H69F2N7O11S. The Balaban J connectivity index is 1.48. The maximum absolute atomic E-state index is 15.4. The molecule has 6 N–H and O–H groups in total. The van der Waals surface area contributed by atoms with E-state index in [0.717, 1.165) is 40.4 Å². The van der Waals surface area contributed by atoms with E-state index < -0.39 is 77.3 Å². The van der Waals surface area contributed by atoms with Gasteiger partial charge in [0.25, 0.3) is 11.8 Å². The Kier molecular flexibility index (Phi) is 23.0. The first-order valence-corrected chi connectivity index (χ1v) is 25.8. The van der Waals surface area contributed by atoms with E-state index in [1.165, 1.54) is 19.1 Å². The fourth-order valence-corrected chi connectivity index (χ4v) is 9.17. The molecule has 74 heavy (non-hydrogen) atoms. The van der Waals surface area contributed by atoms with Crippen LogP contribution < -0.4 is 21.3 Å². The van der Waals surface area contributed by atoms with Gasteiger partial charge in [-0.2, -0.15) is 11.8 Å². The van der Waals surface area contributed by atoms with Crippen LogP contribution in [0.2, 0.25) is 0 Å². The van der Waals surface area contributed by atoms with Crippen molar-refractivity contribution in [3.8, 4) is 11.1 Å². The third kappa shape index (κ3) is 18.5. The van der Waals surface area contributed by atoms with Gasteiger partial charge in [-0.05, 0) is 73.8 Å². The zero-order valence-corrected chi connectivity index (χ0v) is 43.6. The minimum Gasteiger partial charge on any atom is -0.481 e. The summed E-state index contributed by atoms with van der Waals surface area (Å²) in [7, 11) is 0. The van der Waals surface area contributed by atoms with Crippen LogP contribution in [0.5, 0.6) is 0 Å². The summed E-state index contributed by atoms with van der Waals surface area (Å²) in [4.78, 5) is 116. The molecule has 18 nitrogen and oxygen atoms in total. The lowest BCUT2D eigenvalue weighted by Gasteiger charge is -2.41. The second-order valence-corrected chi connectivity index (χ2v) is 20.7. The van der Waals surface area contributed by atoms with Crippen LogP contribution in [-0.2, 0) is 49.7 Å². The lowest BCUT2D eigenvalue weighted by molar-refractivity contribution is -0.143. The van der Waals surface area contributed by atoms with Crippen LogP contribution in [0.15, 0.2) is 72.9 Å². The molecule has 0 aliphatic carbocycles. The molecule has 0 bridgehead atoms. The van der Waals surface area contributed by atoms with E-state index >= 15 is 4.39 Å². The number of hydrogen-bond donors (Lipinski definition) is 6. The molecule has 0 spiro atoms. The normalized spacial score (nSPS) is 14.0. The lowest BCUT2D eigenvalue weighted by atomic mass is 9.83. The third-order valence-electron chi connectivity index (χ3n) is 12.2. The summed E-state index contributed by atoms with van der Waals surface area (Å²) in [6.07, 6.45) is 5.08. The number of amides is 7. The molecule has 2 aromatic carbocycles. The molecular weight excluding hydrogens is 981 g/mol. The first-order valence-electron chi connectivity index (χ1n) is 24.7. The van der Waals surface area contributed by atoms with Crippen molar-refractivity contribution in [3.63, 3.8) is 0 Å². The summed E-state index contributed by atoms with van der Waals surface area (Å²) in [6, 6.07) is 10.3. The number of nitrogens with zero attached hydrogens (tertiary/aromatic N) is 3. The standard InChI is InChI=1S/C53H69F2N7O11S/c1-33(2)48(59-42(63)16-11-8-12-25-61-44(65)20-21-45(61)66)51(71)57-34(3)50(70)56-24-13-26-62(46(67)32-74-27-23-43(64)58-40(52(72)73)19-22-47(68)69)49(53(4,5)6)41-28-36(38-29-37(54)17-18-39(38)55)31-60(41)30-35-14-9-7-10-15-35/h7,9-10,14-15,17-18,20-21,28-29,31,33-34,40,48-49H,8,11-13,16,19,22-27,30,32H2,1-6H3,(H,56,70)(H,57,71)(H,58,64)(H,59,63)(H,68,69)(H,72,73)/t34-,40-,48?,49-/m0/s1. The second-order valence-electron chi connectivity index (χ2n) is 19.6. The van der Waals surface area contributed by atoms with Gasteiger partial charge in [0.1, 0.15) is 29.8 Å². The average Bonchev–Trinajstić information content (AvgIpc) is 3.89. The molecule has 3 aromatic rings. The number of aliphatic carboxylic acids is 2. The van der Waals surface area contributed by atoms with Crippen molar-refractivity contribution in [2.24, 2.45) is 11.3 Å². The van der Waals surface area contributed by atoms with Gasteiger partial charge in [0.15, 0.2) is 0 Å². The summed E-state index contributed by atoms with van der Waals surface area (Å²) in [5, 5.41) is 29.1. The molecule has 2 heterocycles. The molecule has 4 rings (SSSR count). The Morgan fingerprint density at radius 1 is 0.784 bits per heavy atom. The fourth-order valence-electron chi connectivity index (χ4n) is 8.36. The van der Waals surface area contributed by atoms with Gasteiger partial charge in [-0.1, -0.05) is 71.4 Å². The van der Waals surface area contributed by atoms with Gasteiger partial charge in [-0.15, -0.1) is 0 Å². The number of halogens is 2. The number of carboxylic acids is 2. The zero-order valence-electron chi connectivity index (χ0n) is 42.8. The molecule has 1 unspecified atom stereocenters. The van der Waals surface area contributed by atoms with E-state index in [1.807, 2.05) is 55.7 Å². The Hall–Kier alpha value is -6.90. The first kappa shape index (κ1) is 59.7. The van der Waals surface area contributed by atoms with Crippen LogP contribution in [0.4, 0.5) is 8.78 Å². The number of nitrogens with one attached hydrogen (secondary N) is 4. The number of carbonyl (C=O) groups is 9. The summed E-state index contributed by atoms with van der Waals surface area (Å²) in [5.41, 5.74) is 1.20. The molecule has 1 aliphatic rings. The number of thioether (sulfide) groups is 1. The maximum Gasteiger partial charge on any atom is 0.326 e. The van der Waals surface area contributed by atoms with Crippen LogP contribution >= 0.6 is 11.8 Å². The minimum atomic E-state index is -1.41. The highest BCUT2D eigenvalue weighted by Gasteiger charge is 2.37. The summed E-state index contributed by atoms with van der Waals surface area (Å²) in [6.45, 7) is 11.5. The van der Waals surface area contributed by atoms with Crippen molar-refractivity contribution in [3.05, 3.63) is 95.8 Å². The molecule has 0 saturated heterocycles. The molecule has 0 saturated carbocycles. The van der Waals surface area contributed by atoms with E-state index in [4.69, 9.17) is 5.11 Å². The summed E-state index contributed by atoms with van der Waals surface area (Å²) >= 11 is 1.13. The smallest absolute Gasteiger partial charge is 0.326 e. The molecule has 402 valence electrons. The van der Waals surface area contributed by atoms with Crippen LogP contribution in [0.1, 0.15) is 110 Å². The predicted octanol–water partition coefficient (Wildman–Crippen LogP) is 5.59. The Bertz CT molecular complexity index is 2490. The SMILES string of the molecule is CC(C)C(NC(=O)CCCCCN1C(=O)C=CC1=O)C(=O)N[C@@H](C)C(=O)NCCCN(C(=O)CSCCC(=O)N[C@@H](CCC(=O)O)C(=O)O)[C@@H](c1cc(-c2cc(F)ccc2F)cn1Cc1ccccc1)C(C)(C)C. The monoisotopic (exact) mass is 1050 g/mol. The average molecular weight is 1050 g/mol. The molecule has 0 fully saturated rings. The van der Waals surface area contributed by atoms with Crippen LogP contribution in [0, 0.1) is 23.0 Å². The van der Waals surface area contributed by atoms with Crippen molar-refractivity contribution < 1.29 is 62.1 Å². The number of carbonyl (C=O) groups excluding carboxylic acids is 7. The van der Waals surface area contributed by atoms with Crippen molar-refractivity contribution in [2.75, 3.05) is 31.1 Å². The lowest BCUT2D eigenvalue weighted by Crippen LogP contribution is -2.54. The van der Waals surface area contributed by atoms with Crippen LogP contribution in [0.3, 0.4) is 0 Å². The van der Waals surface area contributed by atoms with Gasteiger partial charge in [0.2, 0.25) is 29.5 Å². The van der Waals surface area contributed by atoms with Gasteiger partial charge in [-0.25, -0.2) is 13.6 Å². The number of unbranched alkanes of at least 4 members (excludes halogenated alkanes) is 2.